The molecule has 2 aromatic rings. The number of carbonyl (C=O) groups is 3. The molecule has 1 atom stereocenters. The molecule has 0 radical (unpaired) electrons. The molecule has 0 aromatic heterocycles. The van der Waals surface area contributed by atoms with E-state index >= 15 is 0 Å². The summed E-state index contributed by atoms with van der Waals surface area (Å²) in [5.41, 5.74) is 1.19. The number of nitrogens with one attached hydrogen (secondary N) is 2. The van der Waals surface area contributed by atoms with Gasteiger partial charge in [0.2, 0.25) is 11.8 Å². The van der Waals surface area contributed by atoms with Crippen LogP contribution in [-0.4, -0.2) is 48.7 Å². The molecule has 1 heterocycles. The first-order chi connectivity index (χ1) is 14.5. The number of nitrogens with zero attached hydrogens (tertiary/aromatic N) is 1. The third-order valence-corrected chi connectivity index (χ3v) is 5.67. The second-order valence-electron chi connectivity index (χ2n) is 7.05. The van der Waals surface area contributed by atoms with Gasteiger partial charge in [-0.05, 0) is 55.1 Å². The van der Waals surface area contributed by atoms with Crippen LogP contribution < -0.4 is 15.5 Å². The van der Waals surface area contributed by atoms with Crippen LogP contribution >= 0.6 is 11.8 Å². The molecule has 30 heavy (non-hydrogen) atoms. The van der Waals surface area contributed by atoms with Crippen molar-refractivity contribution in [2.24, 2.45) is 5.92 Å². The van der Waals surface area contributed by atoms with Gasteiger partial charge in [0.15, 0.2) is 0 Å². The number of carbonyl (C=O) groups excluding carboxylic acids is 3. The lowest BCUT2D eigenvalue weighted by atomic mass is 10.1. The van der Waals surface area contributed by atoms with Crippen molar-refractivity contribution in [2.45, 2.75) is 17.7 Å². The summed E-state index contributed by atoms with van der Waals surface area (Å²) in [5.74, 6) is -0.812. The number of hydrogen-bond acceptors (Lipinski definition) is 5. The number of aromatic hydroxyl groups is 1. The maximum atomic E-state index is 12.4. The molecule has 1 unspecified atom stereocenters. The Labute approximate surface area is 179 Å². The maximum absolute atomic E-state index is 12.4. The quantitative estimate of drug-likeness (QED) is 0.444. The fraction of sp³-hybridized carbons (Fsp3) is 0.318. The fourth-order valence-electron chi connectivity index (χ4n) is 3.29. The summed E-state index contributed by atoms with van der Waals surface area (Å²) in [6.07, 6.45) is 2.76. The molecule has 2 aromatic carbocycles. The lowest BCUT2D eigenvalue weighted by molar-refractivity contribution is -0.126. The Morgan fingerprint density at radius 3 is 2.57 bits per heavy atom. The van der Waals surface area contributed by atoms with E-state index < -0.39 is 0 Å². The molecule has 3 amide bonds. The molecule has 158 valence electrons. The first-order valence-electron chi connectivity index (χ1n) is 9.77. The minimum Gasteiger partial charge on any atom is -0.508 e. The minimum absolute atomic E-state index is 0.0373. The highest BCUT2D eigenvalue weighted by molar-refractivity contribution is 7.98. The van der Waals surface area contributed by atoms with Crippen LogP contribution in [0.5, 0.6) is 5.75 Å². The smallest absolute Gasteiger partial charge is 0.251 e. The largest absolute Gasteiger partial charge is 0.508 e. The topological polar surface area (TPSA) is 98.7 Å². The molecule has 1 fully saturated rings. The van der Waals surface area contributed by atoms with Crippen molar-refractivity contribution in [1.82, 2.24) is 10.6 Å². The Hall–Kier alpha value is -3.00. The van der Waals surface area contributed by atoms with Gasteiger partial charge < -0.3 is 20.6 Å². The molecular formula is C22H25N3O4S. The van der Waals surface area contributed by atoms with Crippen LogP contribution in [0.4, 0.5) is 5.69 Å². The van der Waals surface area contributed by atoms with Crippen LogP contribution in [0.15, 0.2) is 53.4 Å². The van der Waals surface area contributed by atoms with Crippen molar-refractivity contribution in [3.63, 3.8) is 0 Å². The van der Waals surface area contributed by atoms with Gasteiger partial charge in [0.25, 0.3) is 5.91 Å². The zero-order chi connectivity index (χ0) is 21.5. The number of thioether (sulfide) groups is 1. The summed E-state index contributed by atoms with van der Waals surface area (Å²) >= 11 is 1.64. The number of phenolic OH excluding ortho intramolecular Hbond substituents is 1. The SMILES string of the molecule is CSc1ccc(N2CC(C(=O)NCCCNC(=O)c3cccc(O)c3)CC2=O)cc1. The van der Waals surface area contributed by atoms with Crippen LogP contribution in [-0.2, 0) is 9.59 Å². The Bertz CT molecular complexity index is 917. The summed E-state index contributed by atoms with van der Waals surface area (Å²) in [4.78, 5) is 39.5. The molecule has 0 spiro atoms. The normalized spacial score (nSPS) is 15.8. The lowest BCUT2D eigenvalue weighted by Crippen LogP contribution is -2.35. The Balaban J connectivity index is 1.40. The molecule has 8 heteroatoms. The minimum atomic E-state index is -0.375. The van der Waals surface area contributed by atoms with Gasteiger partial charge in [-0.15, -0.1) is 11.8 Å². The first kappa shape index (κ1) is 21.7. The van der Waals surface area contributed by atoms with Gasteiger partial charge in [0.05, 0.1) is 5.92 Å². The highest BCUT2D eigenvalue weighted by Gasteiger charge is 2.34. The number of amides is 3. The summed E-state index contributed by atoms with van der Waals surface area (Å²) in [5, 5.41) is 15.0. The summed E-state index contributed by atoms with van der Waals surface area (Å²) in [6.45, 7) is 1.18. The van der Waals surface area contributed by atoms with Crippen LogP contribution in [0.1, 0.15) is 23.2 Å². The zero-order valence-electron chi connectivity index (χ0n) is 16.8. The number of phenols is 1. The molecule has 7 nitrogen and oxygen atoms in total. The second-order valence-corrected chi connectivity index (χ2v) is 7.93. The Morgan fingerprint density at radius 2 is 1.87 bits per heavy atom. The van der Waals surface area contributed by atoms with Crippen molar-refractivity contribution in [3.8, 4) is 5.75 Å². The molecule has 0 aliphatic carbocycles. The second kappa shape index (κ2) is 10.2. The summed E-state index contributed by atoms with van der Waals surface area (Å²) in [6, 6.07) is 13.9. The van der Waals surface area contributed by atoms with Crippen molar-refractivity contribution in [1.29, 1.82) is 0 Å². The first-order valence-corrected chi connectivity index (χ1v) is 11.0. The number of rotatable bonds is 8. The maximum Gasteiger partial charge on any atom is 0.251 e. The fourth-order valence-corrected chi connectivity index (χ4v) is 3.70. The number of hydrogen-bond donors (Lipinski definition) is 3. The monoisotopic (exact) mass is 427 g/mol. The van der Waals surface area contributed by atoms with E-state index in [2.05, 4.69) is 10.6 Å². The predicted molar refractivity (Wildman–Crippen MR) is 117 cm³/mol. The van der Waals surface area contributed by atoms with E-state index in [0.717, 1.165) is 10.6 Å². The Kier molecular flexibility index (Phi) is 7.35. The van der Waals surface area contributed by atoms with E-state index in [0.29, 0.717) is 31.6 Å². The van der Waals surface area contributed by atoms with E-state index in [4.69, 9.17) is 0 Å². The molecular weight excluding hydrogens is 402 g/mol. The average Bonchev–Trinajstić information content (AvgIpc) is 3.15. The van der Waals surface area contributed by atoms with Crippen molar-refractivity contribution in [3.05, 3.63) is 54.1 Å². The van der Waals surface area contributed by atoms with Gasteiger partial charge in [-0.2, -0.15) is 0 Å². The molecule has 1 aliphatic rings. The third kappa shape index (κ3) is 5.54. The van der Waals surface area contributed by atoms with Crippen molar-refractivity contribution >= 4 is 35.2 Å². The highest BCUT2D eigenvalue weighted by atomic mass is 32.2. The Morgan fingerprint density at radius 1 is 1.13 bits per heavy atom. The average molecular weight is 428 g/mol. The van der Waals surface area contributed by atoms with Crippen LogP contribution in [0.25, 0.3) is 0 Å². The lowest BCUT2D eigenvalue weighted by Gasteiger charge is -2.17. The van der Waals surface area contributed by atoms with Gasteiger partial charge in [-0.1, -0.05) is 6.07 Å². The molecule has 1 aliphatic heterocycles. The van der Waals surface area contributed by atoms with Gasteiger partial charge in [0, 0.05) is 42.2 Å². The van der Waals surface area contributed by atoms with Gasteiger partial charge >= 0.3 is 0 Å². The molecule has 3 N–H and O–H groups in total. The van der Waals surface area contributed by atoms with Crippen LogP contribution in [0.3, 0.4) is 0 Å². The van der Waals surface area contributed by atoms with E-state index in [1.54, 1.807) is 28.8 Å². The highest BCUT2D eigenvalue weighted by Crippen LogP contribution is 2.27. The predicted octanol–water partition coefficient (Wildman–Crippen LogP) is 2.40. The third-order valence-electron chi connectivity index (χ3n) is 4.93. The zero-order valence-corrected chi connectivity index (χ0v) is 17.6. The molecule has 0 bridgehead atoms. The summed E-state index contributed by atoms with van der Waals surface area (Å²) < 4.78 is 0. The van der Waals surface area contributed by atoms with Gasteiger partial charge in [-0.3, -0.25) is 14.4 Å². The van der Waals surface area contributed by atoms with Crippen LogP contribution in [0.2, 0.25) is 0 Å². The molecule has 3 rings (SSSR count). The van der Waals surface area contributed by atoms with Gasteiger partial charge in [0.1, 0.15) is 5.75 Å². The number of benzene rings is 2. The van der Waals surface area contributed by atoms with Gasteiger partial charge in [-0.25, -0.2) is 0 Å². The molecule has 0 saturated carbocycles. The number of anilines is 1. The van der Waals surface area contributed by atoms with Crippen LogP contribution in [0, 0.1) is 5.92 Å². The molecule has 1 saturated heterocycles. The van der Waals surface area contributed by atoms with E-state index in [1.807, 2.05) is 30.5 Å². The standard InChI is InChI=1S/C22H25N3O4S/c1-30-19-8-6-17(7-9-19)25-14-16(13-20(25)27)22(29)24-11-3-10-23-21(28)15-4-2-5-18(26)12-15/h2,4-9,12,16,26H,3,10-11,13-14H2,1H3,(H,23,28)(H,24,29). The van der Waals surface area contributed by atoms with Crippen molar-refractivity contribution < 1.29 is 19.5 Å². The van der Waals surface area contributed by atoms with E-state index in [9.17, 15) is 19.5 Å². The van der Waals surface area contributed by atoms with Crippen molar-refractivity contribution in [2.75, 3.05) is 30.8 Å². The van der Waals surface area contributed by atoms with E-state index in [-0.39, 0.29) is 35.8 Å². The van der Waals surface area contributed by atoms with E-state index in [1.165, 1.54) is 12.1 Å². The summed E-state index contributed by atoms with van der Waals surface area (Å²) in [7, 11) is 0.